The van der Waals surface area contributed by atoms with Crippen molar-refractivity contribution in [2.75, 3.05) is 7.11 Å². The number of carbonyl (C=O) groups excluding carboxylic acids is 1. The third kappa shape index (κ3) is 2.40. The summed E-state index contributed by atoms with van der Waals surface area (Å²) in [5.41, 5.74) is 0.0765. The summed E-state index contributed by atoms with van der Waals surface area (Å²) in [5.74, 6) is 3.71. The van der Waals surface area contributed by atoms with Gasteiger partial charge in [0.1, 0.15) is 11.6 Å². The SMILES string of the molecule is COC(=O)/C(C#N)=C/C=C/C1C2CC3CC(C2)CC1C3. The van der Waals surface area contributed by atoms with Crippen LogP contribution in [-0.4, -0.2) is 13.1 Å². The maximum absolute atomic E-state index is 11.3. The zero-order valence-corrected chi connectivity index (χ0v) is 11.9. The van der Waals surface area contributed by atoms with E-state index >= 15 is 0 Å². The first-order chi connectivity index (χ1) is 9.71. The predicted molar refractivity (Wildman–Crippen MR) is 75.4 cm³/mol. The molecule has 0 aromatic carbocycles. The van der Waals surface area contributed by atoms with Gasteiger partial charge in [-0.05, 0) is 67.8 Å². The minimum absolute atomic E-state index is 0.0765. The van der Waals surface area contributed by atoms with Gasteiger partial charge in [-0.25, -0.2) is 4.79 Å². The van der Waals surface area contributed by atoms with Gasteiger partial charge in [0.05, 0.1) is 7.11 Å². The van der Waals surface area contributed by atoms with E-state index < -0.39 is 5.97 Å². The third-order valence-electron chi connectivity index (χ3n) is 5.42. The second-order valence-electron chi connectivity index (χ2n) is 6.58. The smallest absolute Gasteiger partial charge is 0.348 e. The Bertz CT molecular complexity index is 470. The number of ether oxygens (including phenoxy) is 1. The van der Waals surface area contributed by atoms with Gasteiger partial charge in [0.15, 0.2) is 0 Å². The van der Waals surface area contributed by atoms with Crippen molar-refractivity contribution in [2.45, 2.75) is 32.1 Å². The molecule has 4 saturated carbocycles. The second-order valence-corrected chi connectivity index (χ2v) is 6.58. The number of carbonyl (C=O) groups is 1. The fourth-order valence-corrected chi connectivity index (χ4v) is 4.82. The summed E-state index contributed by atoms with van der Waals surface area (Å²) < 4.78 is 4.58. The van der Waals surface area contributed by atoms with E-state index in [9.17, 15) is 4.79 Å². The van der Waals surface area contributed by atoms with Crippen molar-refractivity contribution in [3.8, 4) is 6.07 Å². The fraction of sp³-hybridized carbons (Fsp3) is 0.647. The van der Waals surface area contributed by atoms with E-state index in [0.29, 0.717) is 5.92 Å². The number of nitrogens with zero attached hydrogens (tertiary/aromatic N) is 1. The minimum Gasteiger partial charge on any atom is -0.465 e. The number of methoxy groups -OCH3 is 1. The molecule has 4 rings (SSSR count). The quantitative estimate of drug-likeness (QED) is 0.343. The van der Waals surface area contributed by atoms with Crippen LogP contribution in [0.25, 0.3) is 0 Å². The van der Waals surface area contributed by atoms with Crippen LogP contribution in [-0.2, 0) is 9.53 Å². The van der Waals surface area contributed by atoms with E-state index in [1.54, 1.807) is 6.08 Å². The van der Waals surface area contributed by atoms with E-state index in [1.807, 2.05) is 12.1 Å². The molecular weight excluding hydrogens is 250 g/mol. The van der Waals surface area contributed by atoms with E-state index in [4.69, 9.17) is 5.26 Å². The molecule has 3 heteroatoms. The summed E-state index contributed by atoms with van der Waals surface area (Å²) in [4.78, 5) is 11.3. The van der Waals surface area contributed by atoms with Gasteiger partial charge < -0.3 is 4.74 Å². The van der Waals surface area contributed by atoms with E-state index in [1.165, 1.54) is 39.2 Å². The van der Waals surface area contributed by atoms with Crippen LogP contribution in [0, 0.1) is 40.9 Å². The van der Waals surface area contributed by atoms with E-state index in [2.05, 4.69) is 10.8 Å². The Morgan fingerprint density at radius 1 is 1.15 bits per heavy atom. The van der Waals surface area contributed by atoms with Crippen LogP contribution < -0.4 is 0 Å². The molecule has 20 heavy (non-hydrogen) atoms. The van der Waals surface area contributed by atoms with Gasteiger partial charge in [0.2, 0.25) is 0 Å². The number of allylic oxidation sites excluding steroid dienone is 3. The third-order valence-corrected chi connectivity index (χ3v) is 5.42. The van der Waals surface area contributed by atoms with Crippen molar-refractivity contribution in [3.63, 3.8) is 0 Å². The fourth-order valence-electron chi connectivity index (χ4n) is 4.82. The van der Waals surface area contributed by atoms with Crippen LogP contribution in [0.2, 0.25) is 0 Å². The topological polar surface area (TPSA) is 50.1 Å². The Morgan fingerprint density at radius 3 is 2.25 bits per heavy atom. The molecular formula is C17H21NO2. The number of hydrogen-bond acceptors (Lipinski definition) is 3. The highest BCUT2D eigenvalue weighted by atomic mass is 16.5. The molecule has 4 fully saturated rings. The molecule has 4 aliphatic rings. The average molecular weight is 271 g/mol. The van der Waals surface area contributed by atoms with Crippen molar-refractivity contribution in [1.29, 1.82) is 5.26 Å². The van der Waals surface area contributed by atoms with Gasteiger partial charge in [-0.1, -0.05) is 12.2 Å². The van der Waals surface area contributed by atoms with Crippen LogP contribution in [0.3, 0.4) is 0 Å². The molecule has 0 aromatic rings. The highest BCUT2D eigenvalue weighted by Gasteiger charge is 2.46. The normalized spacial score (nSPS) is 39.0. The first-order valence-corrected chi connectivity index (χ1v) is 7.58. The Balaban J connectivity index is 1.69. The lowest BCUT2D eigenvalue weighted by atomic mass is 9.52. The highest BCUT2D eigenvalue weighted by molar-refractivity contribution is 5.92. The number of nitriles is 1. The molecule has 0 unspecified atom stereocenters. The van der Waals surface area contributed by atoms with Crippen molar-refractivity contribution in [3.05, 3.63) is 23.8 Å². The molecule has 0 spiro atoms. The molecule has 0 N–H and O–H groups in total. The zero-order valence-electron chi connectivity index (χ0n) is 11.9. The maximum Gasteiger partial charge on any atom is 0.348 e. The molecule has 4 aliphatic carbocycles. The Labute approximate surface area is 120 Å². The standard InChI is InChI=1S/C17H21NO2/c1-20-17(19)13(10-18)3-2-4-16-14-6-11-5-12(8-14)9-15(16)7-11/h2-4,11-12,14-16H,5-9H2,1H3/b4-2+,13-3+. The number of rotatable bonds is 3. The van der Waals surface area contributed by atoms with Gasteiger partial charge >= 0.3 is 5.97 Å². The van der Waals surface area contributed by atoms with Crippen molar-refractivity contribution >= 4 is 5.97 Å². The van der Waals surface area contributed by atoms with E-state index in [-0.39, 0.29) is 5.57 Å². The predicted octanol–water partition coefficient (Wildman–Crippen LogP) is 3.24. The van der Waals surface area contributed by atoms with Gasteiger partial charge in [-0.15, -0.1) is 0 Å². The molecule has 4 bridgehead atoms. The lowest BCUT2D eigenvalue weighted by Gasteiger charge is -2.53. The van der Waals surface area contributed by atoms with Gasteiger partial charge in [0.25, 0.3) is 0 Å². The van der Waals surface area contributed by atoms with Crippen LogP contribution in [0.1, 0.15) is 32.1 Å². The number of esters is 1. The van der Waals surface area contributed by atoms with Crippen LogP contribution >= 0.6 is 0 Å². The summed E-state index contributed by atoms with van der Waals surface area (Å²) in [6.45, 7) is 0. The molecule has 106 valence electrons. The lowest BCUT2D eigenvalue weighted by Crippen LogP contribution is -2.44. The summed E-state index contributed by atoms with van der Waals surface area (Å²) in [6.07, 6.45) is 12.7. The summed E-state index contributed by atoms with van der Waals surface area (Å²) in [7, 11) is 1.30. The summed E-state index contributed by atoms with van der Waals surface area (Å²) >= 11 is 0. The van der Waals surface area contributed by atoms with Crippen molar-refractivity contribution < 1.29 is 9.53 Å². The Morgan fingerprint density at radius 2 is 1.75 bits per heavy atom. The monoisotopic (exact) mass is 271 g/mol. The van der Waals surface area contributed by atoms with Gasteiger partial charge in [0, 0.05) is 0 Å². The Kier molecular flexibility index (Phi) is 3.65. The van der Waals surface area contributed by atoms with Crippen molar-refractivity contribution in [2.24, 2.45) is 29.6 Å². The average Bonchev–Trinajstić information content (AvgIpc) is 2.44. The molecule has 0 aliphatic heterocycles. The van der Waals surface area contributed by atoms with Gasteiger partial charge in [-0.2, -0.15) is 5.26 Å². The summed E-state index contributed by atoms with van der Waals surface area (Å²) in [6, 6.07) is 1.89. The van der Waals surface area contributed by atoms with Crippen LogP contribution in [0.4, 0.5) is 0 Å². The second kappa shape index (κ2) is 5.44. The van der Waals surface area contributed by atoms with Crippen LogP contribution in [0.5, 0.6) is 0 Å². The molecule has 0 heterocycles. The molecule has 0 radical (unpaired) electrons. The molecule has 3 nitrogen and oxygen atoms in total. The Hall–Kier alpha value is -1.56. The summed E-state index contributed by atoms with van der Waals surface area (Å²) in [5, 5.41) is 8.91. The molecule has 0 saturated heterocycles. The largest absolute Gasteiger partial charge is 0.465 e. The van der Waals surface area contributed by atoms with Crippen molar-refractivity contribution in [1.82, 2.24) is 0 Å². The van der Waals surface area contributed by atoms with E-state index in [0.717, 1.165) is 23.7 Å². The first kappa shape index (κ1) is 13.4. The first-order valence-electron chi connectivity index (χ1n) is 7.58. The van der Waals surface area contributed by atoms with Gasteiger partial charge in [-0.3, -0.25) is 0 Å². The zero-order chi connectivity index (χ0) is 14.1. The maximum atomic E-state index is 11.3. The molecule has 0 amide bonds. The number of hydrogen-bond donors (Lipinski definition) is 0. The minimum atomic E-state index is -0.553. The highest BCUT2D eigenvalue weighted by Crippen LogP contribution is 2.56. The molecule has 0 aromatic heterocycles. The lowest BCUT2D eigenvalue weighted by molar-refractivity contribution is -0.135. The molecule has 0 atom stereocenters. The van der Waals surface area contributed by atoms with Crippen LogP contribution in [0.15, 0.2) is 23.8 Å².